The Kier molecular flexibility index (Phi) is 4.77. The van der Waals surface area contributed by atoms with Crippen LogP contribution in [-0.2, 0) is 21.2 Å². The Balaban J connectivity index is 1.87. The summed E-state index contributed by atoms with van der Waals surface area (Å²) in [6, 6.07) is 1.52. The molecule has 1 aromatic heterocycles. The first-order valence-electron chi connectivity index (χ1n) is 6.78. The molecule has 1 saturated heterocycles. The maximum absolute atomic E-state index is 11.9. The van der Waals surface area contributed by atoms with Crippen molar-refractivity contribution in [3.8, 4) is 0 Å². The molecular formula is C12H20N4O3S. The summed E-state index contributed by atoms with van der Waals surface area (Å²) in [5, 5.41) is 9.99. The standard InChI is InChI=1S/C12H20N4O3S/c1-2-20(18,19)9-8-16-7-5-11(15-16)14-12(17)10-4-3-6-13-10/h5,7,10,13H,2-4,6,8-9H2,1H3,(H,14,15,17). The molecule has 1 aromatic rings. The van der Waals surface area contributed by atoms with E-state index in [2.05, 4.69) is 15.7 Å². The van der Waals surface area contributed by atoms with Crippen molar-refractivity contribution < 1.29 is 13.2 Å². The molecule has 7 nitrogen and oxygen atoms in total. The van der Waals surface area contributed by atoms with Crippen molar-refractivity contribution in [2.45, 2.75) is 32.4 Å². The lowest BCUT2D eigenvalue weighted by atomic mass is 10.2. The topological polar surface area (TPSA) is 93.1 Å². The normalized spacial score (nSPS) is 19.1. The number of nitrogens with zero attached hydrogens (tertiary/aromatic N) is 2. The molecule has 20 heavy (non-hydrogen) atoms. The highest BCUT2D eigenvalue weighted by atomic mass is 32.2. The number of hydrogen-bond donors (Lipinski definition) is 2. The second-order valence-electron chi connectivity index (χ2n) is 4.84. The Morgan fingerprint density at radius 2 is 2.40 bits per heavy atom. The molecule has 0 radical (unpaired) electrons. The minimum Gasteiger partial charge on any atom is -0.308 e. The number of aromatic nitrogens is 2. The summed E-state index contributed by atoms with van der Waals surface area (Å²) in [6.07, 6.45) is 3.51. The Hall–Kier alpha value is -1.41. The van der Waals surface area contributed by atoms with Gasteiger partial charge in [-0.25, -0.2) is 8.42 Å². The van der Waals surface area contributed by atoms with Gasteiger partial charge in [0.25, 0.3) is 0 Å². The molecule has 2 N–H and O–H groups in total. The largest absolute Gasteiger partial charge is 0.308 e. The van der Waals surface area contributed by atoms with Crippen LogP contribution in [0.4, 0.5) is 5.82 Å². The van der Waals surface area contributed by atoms with E-state index >= 15 is 0 Å². The van der Waals surface area contributed by atoms with Crippen LogP contribution in [0.5, 0.6) is 0 Å². The molecule has 0 aromatic carbocycles. The van der Waals surface area contributed by atoms with Gasteiger partial charge >= 0.3 is 0 Å². The summed E-state index contributed by atoms with van der Waals surface area (Å²) in [4.78, 5) is 11.9. The van der Waals surface area contributed by atoms with Crippen LogP contribution >= 0.6 is 0 Å². The summed E-state index contributed by atoms with van der Waals surface area (Å²) < 4.78 is 24.4. The second kappa shape index (κ2) is 6.36. The number of amides is 1. The highest BCUT2D eigenvalue weighted by Crippen LogP contribution is 2.09. The van der Waals surface area contributed by atoms with E-state index in [1.165, 1.54) is 4.68 Å². The predicted molar refractivity (Wildman–Crippen MR) is 76.2 cm³/mol. The number of carbonyl (C=O) groups is 1. The molecule has 0 saturated carbocycles. The van der Waals surface area contributed by atoms with Crippen molar-refractivity contribution in [2.75, 3.05) is 23.4 Å². The van der Waals surface area contributed by atoms with Gasteiger partial charge in [-0.1, -0.05) is 6.92 Å². The van der Waals surface area contributed by atoms with Gasteiger partial charge < -0.3 is 10.6 Å². The van der Waals surface area contributed by atoms with Gasteiger partial charge in [0.05, 0.1) is 18.3 Å². The predicted octanol–water partition coefficient (Wildman–Crippen LogP) is 0.00830. The van der Waals surface area contributed by atoms with Crippen LogP contribution in [0.25, 0.3) is 0 Å². The number of nitrogens with one attached hydrogen (secondary N) is 2. The van der Waals surface area contributed by atoms with Gasteiger partial charge in [-0.3, -0.25) is 9.48 Å². The summed E-state index contributed by atoms with van der Waals surface area (Å²) in [6.45, 7) is 2.79. The Morgan fingerprint density at radius 3 is 3.05 bits per heavy atom. The molecule has 0 aliphatic carbocycles. The number of hydrogen-bond acceptors (Lipinski definition) is 5. The first-order valence-corrected chi connectivity index (χ1v) is 8.60. The van der Waals surface area contributed by atoms with E-state index in [1.807, 2.05) is 0 Å². The number of aryl methyl sites for hydroxylation is 1. The lowest BCUT2D eigenvalue weighted by Crippen LogP contribution is -2.35. The number of carbonyl (C=O) groups excluding carboxylic acids is 1. The van der Waals surface area contributed by atoms with E-state index in [-0.39, 0.29) is 23.5 Å². The van der Waals surface area contributed by atoms with E-state index < -0.39 is 9.84 Å². The molecular weight excluding hydrogens is 280 g/mol. The monoisotopic (exact) mass is 300 g/mol. The van der Waals surface area contributed by atoms with E-state index in [9.17, 15) is 13.2 Å². The van der Waals surface area contributed by atoms with Crippen LogP contribution in [0.1, 0.15) is 19.8 Å². The van der Waals surface area contributed by atoms with E-state index in [4.69, 9.17) is 0 Å². The number of sulfone groups is 1. The maximum atomic E-state index is 11.9. The summed E-state index contributed by atoms with van der Waals surface area (Å²) in [5.41, 5.74) is 0. The third-order valence-corrected chi connectivity index (χ3v) is 5.02. The zero-order chi connectivity index (χ0) is 14.6. The zero-order valence-corrected chi connectivity index (χ0v) is 12.3. The minimum atomic E-state index is -3.00. The SMILES string of the molecule is CCS(=O)(=O)CCn1ccc(NC(=O)C2CCCN2)n1. The van der Waals surface area contributed by atoms with Gasteiger partial charge in [-0.05, 0) is 19.4 Å². The molecule has 112 valence electrons. The van der Waals surface area contributed by atoms with Crippen LogP contribution < -0.4 is 10.6 Å². The average molecular weight is 300 g/mol. The van der Waals surface area contributed by atoms with Gasteiger partial charge in [0.2, 0.25) is 5.91 Å². The summed E-state index contributed by atoms with van der Waals surface area (Å²) in [7, 11) is -3.00. The first kappa shape index (κ1) is 15.0. The summed E-state index contributed by atoms with van der Waals surface area (Å²) >= 11 is 0. The minimum absolute atomic E-state index is 0.0583. The van der Waals surface area contributed by atoms with Crippen molar-refractivity contribution in [3.63, 3.8) is 0 Å². The van der Waals surface area contributed by atoms with Crippen molar-refractivity contribution >= 4 is 21.6 Å². The Labute approximate surface area is 118 Å². The molecule has 8 heteroatoms. The molecule has 2 heterocycles. The van der Waals surface area contributed by atoms with Gasteiger partial charge in [0.15, 0.2) is 15.7 Å². The smallest absolute Gasteiger partial charge is 0.242 e. The molecule has 1 unspecified atom stereocenters. The van der Waals surface area contributed by atoms with Gasteiger partial charge in [-0.2, -0.15) is 5.10 Å². The third kappa shape index (κ3) is 4.04. The van der Waals surface area contributed by atoms with Crippen LogP contribution in [-0.4, -0.2) is 48.2 Å². The molecule has 1 amide bonds. The third-order valence-electron chi connectivity index (χ3n) is 3.34. The summed E-state index contributed by atoms with van der Waals surface area (Å²) in [5.74, 6) is 0.556. The van der Waals surface area contributed by atoms with Crippen molar-refractivity contribution in [1.29, 1.82) is 0 Å². The van der Waals surface area contributed by atoms with Crippen LogP contribution in [0.3, 0.4) is 0 Å². The highest BCUT2D eigenvalue weighted by Gasteiger charge is 2.22. The lowest BCUT2D eigenvalue weighted by molar-refractivity contribution is -0.117. The molecule has 1 aliphatic heterocycles. The van der Waals surface area contributed by atoms with E-state index in [0.29, 0.717) is 12.4 Å². The first-order chi connectivity index (χ1) is 9.50. The van der Waals surface area contributed by atoms with Crippen LogP contribution in [0, 0.1) is 0 Å². The highest BCUT2D eigenvalue weighted by molar-refractivity contribution is 7.91. The van der Waals surface area contributed by atoms with Crippen LogP contribution in [0.15, 0.2) is 12.3 Å². The Morgan fingerprint density at radius 1 is 1.60 bits per heavy atom. The van der Waals surface area contributed by atoms with Gasteiger partial charge in [0, 0.05) is 18.0 Å². The fourth-order valence-electron chi connectivity index (χ4n) is 2.05. The molecule has 1 aliphatic rings. The quantitative estimate of drug-likeness (QED) is 0.772. The average Bonchev–Trinajstić information content (AvgIpc) is 3.08. The molecule has 1 fully saturated rings. The number of rotatable bonds is 6. The maximum Gasteiger partial charge on any atom is 0.242 e. The molecule has 2 rings (SSSR count). The molecule has 0 bridgehead atoms. The Bertz CT molecular complexity index is 561. The lowest BCUT2D eigenvalue weighted by Gasteiger charge is -2.08. The van der Waals surface area contributed by atoms with Gasteiger partial charge in [0.1, 0.15) is 0 Å². The fourth-order valence-corrected chi connectivity index (χ4v) is 2.81. The van der Waals surface area contributed by atoms with Crippen LogP contribution in [0.2, 0.25) is 0 Å². The number of anilines is 1. The van der Waals surface area contributed by atoms with Crippen molar-refractivity contribution in [3.05, 3.63) is 12.3 Å². The van der Waals surface area contributed by atoms with E-state index in [0.717, 1.165) is 19.4 Å². The van der Waals surface area contributed by atoms with E-state index in [1.54, 1.807) is 19.2 Å². The van der Waals surface area contributed by atoms with Crippen molar-refractivity contribution in [1.82, 2.24) is 15.1 Å². The molecule has 1 atom stereocenters. The second-order valence-corrected chi connectivity index (χ2v) is 7.31. The fraction of sp³-hybridized carbons (Fsp3) is 0.667. The molecule has 0 spiro atoms. The zero-order valence-electron chi connectivity index (χ0n) is 11.5. The van der Waals surface area contributed by atoms with Gasteiger partial charge in [-0.15, -0.1) is 0 Å². The van der Waals surface area contributed by atoms with Crippen molar-refractivity contribution in [2.24, 2.45) is 0 Å².